The van der Waals surface area contributed by atoms with Gasteiger partial charge in [-0.1, -0.05) is 30.3 Å². The molecular formula is C23H21N3O3. The van der Waals surface area contributed by atoms with E-state index in [9.17, 15) is 9.59 Å². The summed E-state index contributed by atoms with van der Waals surface area (Å²) >= 11 is 0. The molecule has 3 heterocycles. The van der Waals surface area contributed by atoms with Crippen LogP contribution in [0.4, 0.5) is 0 Å². The van der Waals surface area contributed by atoms with E-state index < -0.39 is 5.60 Å². The minimum absolute atomic E-state index is 0.0290. The number of likely N-dealkylation sites (tertiary alicyclic amines) is 1. The normalized spacial score (nSPS) is 20.6. The molecule has 1 aromatic heterocycles. The Morgan fingerprint density at radius 2 is 1.97 bits per heavy atom. The Labute approximate surface area is 168 Å². The van der Waals surface area contributed by atoms with Gasteiger partial charge >= 0.3 is 5.97 Å². The molecule has 1 atom stereocenters. The van der Waals surface area contributed by atoms with Crippen molar-refractivity contribution in [1.82, 2.24) is 14.5 Å². The molecule has 6 nitrogen and oxygen atoms in total. The molecule has 1 spiro atoms. The fraction of sp³-hybridized carbons (Fsp3) is 0.261. The molecule has 2 aliphatic rings. The van der Waals surface area contributed by atoms with E-state index in [1.54, 1.807) is 18.6 Å². The molecule has 1 unspecified atom stereocenters. The highest BCUT2D eigenvalue weighted by Gasteiger charge is 2.48. The number of piperidine rings is 1. The number of carbonyl (C=O) groups is 2. The predicted octanol–water partition coefficient (Wildman–Crippen LogP) is 3.23. The van der Waals surface area contributed by atoms with Crippen LogP contribution in [0.15, 0.2) is 67.3 Å². The third-order valence-electron chi connectivity index (χ3n) is 5.79. The van der Waals surface area contributed by atoms with Crippen LogP contribution in [0.25, 0.3) is 0 Å². The van der Waals surface area contributed by atoms with Gasteiger partial charge in [0.1, 0.15) is 0 Å². The monoisotopic (exact) mass is 387 g/mol. The number of aromatic nitrogens is 2. The van der Waals surface area contributed by atoms with Crippen LogP contribution in [0.3, 0.4) is 0 Å². The van der Waals surface area contributed by atoms with E-state index in [4.69, 9.17) is 4.74 Å². The summed E-state index contributed by atoms with van der Waals surface area (Å²) in [7, 11) is 0. The highest BCUT2D eigenvalue weighted by atomic mass is 16.6. The molecule has 1 fully saturated rings. The summed E-state index contributed by atoms with van der Waals surface area (Å²) in [5.41, 5.74) is 2.55. The molecular weight excluding hydrogens is 366 g/mol. The zero-order valence-corrected chi connectivity index (χ0v) is 16.0. The molecule has 0 radical (unpaired) electrons. The summed E-state index contributed by atoms with van der Waals surface area (Å²) in [5.74, 6) is -0.322. The maximum atomic E-state index is 13.1. The van der Waals surface area contributed by atoms with Crippen LogP contribution in [0, 0.1) is 0 Å². The molecule has 0 bridgehead atoms. The molecule has 1 saturated heterocycles. The second-order valence-electron chi connectivity index (χ2n) is 7.69. The van der Waals surface area contributed by atoms with Crippen LogP contribution >= 0.6 is 0 Å². The van der Waals surface area contributed by atoms with Crippen LogP contribution in [0.5, 0.6) is 0 Å². The van der Waals surface area contributed by atoms with Crippen molar-refractivity contribution in [3.63, 3.8) is 0 Å². The third-order valence-corrected chi connectivity index (χ3v) is 5.79. The first-order chi connectivity index (χ1) is 14.1. The standard InChI is InChI=1S/C23H21N3O3/c27-21(18-8-6-17(7-9-18)14-25-13-11-24-16-25)26-12-3-10-23(15-26)20-5-2-1-4-19(20)22(28)29-23/h1-2,4-9,11,13,16H,3,10,12,14-15H2. The topological polar surface area (TPSA) is 64.4 Å². The number of carbonyl (C=O) groups excluding carboxylic acids is 2. The van der Waals surface area contributed by atoms with E-state index in [0.717, 1.165) is 24.0 Å². The van der Waals surface area contributed by atoms with E-state index in [2.05, 4.69) is 4.98 Å². The molecule has 3 aromatic rings. The van der Waals surface area contributed by atoms with Crippen molar-refractivity contribution < 1.29 is 14.3 Å². The highest BCUT2D eigenvalue weighted by Crippen LogP contribution is 2.42. The molecule has 5 rings (SSSR count). The van der Waals surface area contributed by atoms with Gasteiger partial charge in [0.2, 0.25) is 0 Å². The minimum Gasteiger partial charge on any atom is -0.449 e. The summed E-state index contributed by atoms with van der Waals surface area (Å²) < 4.78 is 7.80. The number of hydrogen-bond donors (Lipinski definition) is 0. The van der Waals surface area contributed by atoms with Gasteiger partial charge in [-0.3, -0.25) is 4.79 Å². The van der Waals surface area contributed by atoms with E-state index in [1.807, 2.05) is 58.1 Å². The Hall–Kier alpha value is -3.41. The number of imidazole rings is 1. The van der Waals surface area contributed by atoms with Crippen LogP contribution in [-0.4, -0.2) is 39.4 Å². The second-order valence-corrected chi connectivity index (χ2v) is 7.69. The van der Waals surface area contributed by atoms with Gasteiger partial charge in [0.25, 0.3) is 5.91 Å². The molecule has 0 aliphatic carbocycles. The quantitative estimate of drug-likeness (QED) is 0.647. The lowest BCUT2D eigenvalue weighted by molar-refractivity contribution is -0.0442. The number of amides is 1. The molecule has 2 aromatic carbocycles. The van der Waals surface area contributed by atoms with E-state index in [0.29, 0.717) is 30.8 Å². The largest absolute Gasteiger partial charge is 0.449 e. The predicted molar refractivity (Wildman–Crippen MR) is 106 cm³/mol. The summed E-state index contributed by atoms with van der Waals surface area (Å²) in [4.78, 5) is 31.3. The number of nitrogens with zero attached hydrogens (tertiary/aromatic N) is 3. The van der Waals surface area contributed by atoms with E-state index in [1.165, 1.54) is 0 Å². The van der Waals surface area contributed by atoms with Crippen molar-refractivity contribution in [2.45, 2.75) is 25.0 Å². The first-order valence-electron chi connectivity index (χ1n) is 9.81. The SMILES string of the molecule is O=C1OC2(CCCN(C(=O)c3ccc(Cn4ccnc4)cc3)C2)c2ccccc21. The lowest BCUT2D eigenvalue weighted by Gasteiger charge is -2.39. The Kier molecular flexibility index (Phi) is 4.19. The molecule has 2 aliphatic heterocycles. The van der Waals surface area contributed by atoms with E-state index >= 15 is 0 Å². The molecule has 0 N–H and O–H groups in total. The molecule has 0 saturated carbocycles. The minimum atomic E-state index is -0.719. The zero-order valence-electron chi connectivity index (χ0n) is 16.0. The summed E-state index contributed by atoms with van der Waals surface area (Å²) in [6.07, 6.45) is 6.97. The van der Waals surface area contributed by atoms with Gasteiger partial charge in [-0.15, -0.1) is 0 Å². The van der Waals surface area contributed by atoms with E-state index in [-0.39, 0.29) is 11.9 Å². The Balaban J connectivity index is 1.35. The van der Waals surface area contributed by atoms with Gasteiger partial charge in [0, 0.05) is 36.6 Å². The van der Waals surface area contributed by atoms with Crippen LogP contribution in [0.1, 0.15) is 44.7 Å². The average molecular weight is 387 g/mol. The Bertz CT molecular complexity index is 1060. The maximum Gasteiger partial charge on any atom is 0.339 e. The van der Waals surface area contributed by atoms with Gasteiger partial charge in [-0.05, 0) is 36.6 Å². The zero-order chi connectivity index (χ0) is 19.8. The maximum absolute atomic E-state index is 13.1. The first kappa shape index (κ1) is 17.7. The fourth-order valence-corrected chi connectivity index (χ4v) is 4.37. The number of ether oxygens (including phenoxy) is 1. The van der Waals surface area contributed by atoms with Gasteiger partial charge in [0.05, 0.1) is 18.4 Å². The number of esters is 1. The number of rotatable bonds is 3. The first-order valence-corrected chi connectivity index (χ1v) is 9.81. The van der Waals surface area contributed by atoms with Crippen molar-refractivity contribution in [3.05, 3.63) is 89.5 Å². The average Bonchev–Trinajstić information content (AvgIpc) is 3.35. The highest BCUT2D eigenvalue weighted by molar-refractivity contribution is 5.96. The smallest absolute Gasteiger partial charge is 0.339 e. The van der Waals surface area contributed by atoms with Crippen LogP contribution < -0.4 is 0 Å². The lowest BCUT2D eigenvalue weighted by atomic mass is 9.85. The summed E-state index contributed by atoms with van der Waals surface area (Å²) in [5, 5.41) is 0. The number of benzene rings is 2. The molecule has 1 amide bonds. The Morgan fingerprint density at radius 1 is 1.14 bits per heavy atom. The van der Waals surface area contributed by atoms with Gasteiger partial charge in [-0.25, -0.2) is 9.78 Å². The van der Waals surface area contributed by atoms with Crippen molar-refractivity contribution >= 4 is 11.9 Å². The van der Waals surface area contributed by atoms with Crippen molar-refractivity contribution in [2.75, 3.05) is 13.1 Å². The second kappa shape index (κ2) is 6.88. The van der Waals surface area contributed by atoms with Gasteiger partial charge in [-0.2, -0.15) is 0 Å². The number of hydrogen-bond acceptors (Lipinski definition) is 4. The number of fused-ring (bicyclic) bond motifs is 2. The van der Waals surface area contributed by atoms with Gasteiger partial charge in [0.15, 0.2) is 5.60 Å². The molecule has 146 valence electrons. The Morgan fingerprint density at radius 3 is 2.76 bits per heavy atom. The van der Waals surface area contributed by atoms with Crippen molar-refractivity contribution in [2.24, 2.45) is 0 Å². The van der Waals surface area contributed by atoms with Crippen LogP contribution in [0.2, 0.25) is 0 Å². The van der Waals surface area contributed by atoms with Crippen molar-refractivity contribution in [3.8, 4) is 0 Å². The van der Waals surface area contributed by atoms with Crippen molar-refractivity contribution in [1.29, 1.82) is 0 Å². The molecule has 29 heavy (non-hydrogen) atoms. The summed E-state index contributed by atoms with van der Waals surface area (Å²) in [6, 6.07) is 15.2. The fourth-order valence-electron chi connectivity index (χ4n) is 4.37. The lowest BCUT2D eigenvalue weighted by Crippen LogP contribution is -2.48. The molecule has 6 heteroatoms. The van der Waals surface area contributed by atoms with Gasteiger partial charge < -0.3 is 14.2 Å². The summed E-state index contributed by atoms with van der Waals surface area (Å²) in [6.45, 7) is 1.77. The van der Waals surface area contributed by atoms with Crippen LogP contribution in [-0.2, 0) is 16.9 Å². The third kappa shape index (κ3) is 3.10.